The molecule has 0 heterocycles. The van der Waals surface area contributed by atoms with Crippen LogP contribution in [0.1, 0.15) is 104 Å². The molecule has 1 radical (unpaired) electrons. The summed E-state index contributed by atoms with van der Waals surface area (Å²) in [4.78, 5) is 60.4. The van der Waals surface area contributed by atoms with Crippen LogP contribution in [0.5, 0.6) is 0 Å². The first-order valence-corrected chi connectivity index (χ1v) is 14.5. The Morgan fingerprint density at radius 3 is 1.97 bits per heavy atom. The molecule has 0 aliphatic carbocycles. The van der Waals surface area contributed by atoms with Crippen LogP contribution in [0.2, 0.25) is 0 Å². The van der Waals surface area contributed by atoms with Gasteiger partial charge in [0.05, 0.1) is 0 Å². The van der Waals surface area contributed by atoms with Crippen molar-refractivity contribution in [2.75, 3.05) is 19.3 Å². The van der Waals surface area contributed by atoms with Gasteiger partial charge in [-0.25, -0.2) is 0 Å². The first kappa shape index (κ1) is 40.3. The molecule has 5 N–H and O–H groups in total. The predicted octanol–water partition coefficient (Wildman–Crippen LogP) is 3.29. The maximum Gasteiger partial charge on any atom is 0.303 e. The van der Waals surface area contributed by atoms with E-state index in [9.17, 15) is 24.0 Å². The average Bonchev–Trinajstić information content (AvgIpc) is 2.82. The number of carbonyl (C=O) groups is 5. The maximum atomic E-state index is 12.9. The third-order valence-corrected chi connectivity index (χ3v) is 6.95. The number of nitrogens with one attached hydrogen (secondary N) is 2. The minimum Gasteiger partial charge on any atom is -0.792 e. The van der Waals surface area contributed by atoms with Crippen LogP contribution in [0.4, 0.5) is 0 Å². The van der Waals surface area contributed by atoms with Crippen LogP contribution >= 0.6 is 0 Å². The van der Waals surface area contributed by atoms with Gasteiger partial charge in [-0.3, -0.25) is 24.0 Å². The molecule has 9 nitrogen and oxygen atoms in total. The monoisotopic (exact) mass is 645 g/mol. The van der Waals surface area contributed by atoms with E-state index in [1.54, 1.807) is 0 Å². The fraction of sp³-hybridized carbons (Fsp3) is 0.821. The second-order valence-electron chi connectivity index (χ2n) is 11.4. The normalized spacial score (nSPS) is 13.6. The molecule has 3 unspecified atom stereocenters. The molecule has 11 heteroatoms. The van der Waals surface area contributed by atoms with Gasteiger partial charge in [-0.05, 0) is 64.0 Å². The van der Waals surface area contributed by atoms with Crippen molar-refractivity contribution in [3.05, 3.63) is 0 Å². The van der Waals surface area contributed by atoms with Crippen LogP contribution in [-0.4, -0.2) is 59.8 Å². The van der Waals surface area contributed by atoms with Gasteiger partial charge in [-0.2, -0.15) is 5.75 Å². The van der Waals surface area contributed by atoms with Crippen molar-refractivity contribution < 1.29 is 61.8 Å². The molecular weight excluding hydrogens is 595 g/mol. The van der Waals surface area contributed by atoms with Crippen molar-refractivity contribution in [2.45, 2.75) is 110 Å². The third kappa shape index (κ3) is 21.6. The van der Waals surface area contributed by atoms with E-state index in [0.29, 0.717) is 38.5 Å². The second-order valence-corrected chi connectivity index (χ2v) is 11.8. The first-order valence-electron chi connectivity index (χ1n) is 13.9. The van der Waals surface area contributed by atoms with Crippen molar-refractivity contribution >= 4 is 42.0 Å². The van der Waals surface area contributed by atoms with Crippen molar-refractivity contribution in [3.8, 4) is 0 Å². The minimum atomic E-state index is -0.932. The molecule has 0 aromatic carbocycles. The van der Waals surface area contributed by atoms with Gasteiger partial charge in [0.1, 0.15) is 17.6 Å². The summed E-state index contributed by atoms with van der Waals surface area (Å²) in [6, 6.07) is -0.651. The Morgan fingerprint density at radius 2 is 1.46 bits per heavy atom. The van der Waals surface area contributed by atoms with E-state index >= 15 is 0 Å². The number of rotatable bonds is 23. The number of aliphatic carboxylic acids is 1. The van der Waals surface area contributed by atoms with E-state index in [4.69, 9.17) is 23.5 Å². The summed E-state index contributed by atoms with van der Waals surface area (Å²) in [5, 5.41) is 14.8. The van der Waals surface area contributed by atoms with Gasteiger partial charge in [0.2, 0.25) is 11.8 Å². The summed E-state index contributed by atoms with van der Waals surface area (Å²) < 4.78 is 0. The summed E-state index contributed by atoms with van der Waals surface area (Å²) in [6.07, 6.45) is 6.51. The van der Waals surface area contributed by atoms with E-state index in [1.165, 1.54) is 0 Å². The number of carboxylic acid groups (broad SMARTS) is 1. The van der Waals surface area contributed by atoms with E-state index in [1.807, 2.05) is 27.8 Å². The van der Waals surface area contributed by atoms with Gasteiger partial charge in [0.15, 0.2) is 0 Å². The molecule has 0 bridgehead atoms. The minimum absolute atomic E-state index is 0. The number of primary amides is 1. The summed E-state index contributed by atoms with van der Waals surface area (Å²) in [6.45, 7) is 6.87. The first-order chi connectivity index (χ1) is 17.8. The topological polar surface area (TPSA) is 156 Å². The Kier molecular flexibility index (Phi) is 23.6. The predicted molar refractivity (Wildman–Crippen MR) is 151 cm³/mol. The number of carbonyl (C=O) groups excluding carboxylic acids is 4. The summed E-state index contributed by atoms with van der Waals surface area (Å²) in [7, 11) is 1.86. The Balaban J connectivity index is 0. The zero-order valence-corrected chi connectivity index (χ0v) is 28.0. The number of nitrogens with two attached hydrogens (primary N) is 1. The maximum absolute atomic E-state index is 12.9. The van der Waals surface area contributed by atoms with Crippen molar-refractivity contribution in [3.63, 3.8) is 0 Å². The van der Waals surface area contributed by atoms with E-state index in [2.05, 4.69) is 10.6 Å². The van der Waals surface area contributed by atoms with Gasteiger partial charge in [-0.15, -0.1) is 0 Å². The van der Waals surface area contributed by atoms with Crippen LogP contribution in [0.3, 0.4) is 0 Å². The van der Waals surface area contributed by atoms with Crippen LogP contribution in [0.25, 0.3) is 0 Å². The largest absolute Gasteiger partial charge is 0.792 e. The summed E-state index contributed by atoms with van der Waals surface area (Å²) in [5.74, 6) is -2.50. The zero-order chi connectivity index (χ0) is 29.1. The van der Waals surface area contributed by atoms with Crippen LogP contribution in [-0.2, 0) is 69.3 Å². The molecule has 0 aliphatic rings. The zero-order valence-electron chi connectivity index (χ0n) is 24.4. The van der Waals surface area contributed by atoms with Gasteiger partial charge in [-0.1, -0.05) is 33.6 Å². The SMILES string of the molecule is CNCCCCC(NC(=O)CCCCCCC(=O)C(C[S-])CC(=O)C(CCC(=O)O)CC(C)(C)C)C(N)=O.[Y]. The van der Waals surface area contributed by atoms with Gasteiger partial charge >= 0.3 is 5.97 Å². The average molecular weight is 646 g/mol. The summed E-state index contributed by atoms with van der Waals surface area (Å²) >= 11 is 5.16. The number of amides is 2. The van der Waals surface area contributed by atoms with Crippen molar-refractivity contribution in [1.29, 1.82) is 0 Å². The molecule has 223 valence electrons. The molecule has 0 saturated heterocycles. The standard InChI is InChI=1S/C28H51N3O6S.Y/c1-28(2,3)18-20(14-15-26(35)36)24(33)17-21(19-38)23(32)12-7-5-6-8-13-25(34)31-22(27(29)37)11-9-10-16-30-4;/h20-22,30,38H,5-19H2,1-4H3,(H2,29,37)(H,31,34)(H,35,36);/p-1. The number of carboxylic acids is 1. The number of hydrogen-bond donors (Lipinski definition) is 4. The number of Topliss-reactive ketones (excluding diaryl/α,β-unsaturated/α-hetero) is 2. The molecule has 0 aromatic heterocycles. The summed E-state index contributed by atoms with van der Waals surface area (Å²) in [5.41, 5.74) is 5.28. The van der Waals surface area contributed by atoms with E-state index in [-0.39, 0.29) is 80.6 Å². The van der Waals surface area contributed by atoms with Gasteiger partial charge in [0.25, 0.3) is 0 Å². The molecule has 0 fully saturated rings. The number of unbranched alkanes of at least 4 members (excludes halogenated alkanes) is 4. The smallest absolute Gasteiger partial charge is 0.303 e. The molecule has 0 saturated carbocycles. The fourth-order valence-corrected chi connectivity index (χ4v) is 4.74. The van der Waals surface area contributed by atoms with Crippen LogP contribution < -0.4 is 16.4 Å². The molecule has 0 aromatic rings. The van der Waals surface area contributed by atoms with Gasteiger partial charge in [0, 0.05) is 70.2 Å². The fourth-order valence-electron chi connectivity index (χ4n) is 4.43. The Morgan fingerprint density at radius 1 is 0.846 bits per heavy atom. The van der Waals surface area contributed by atoms with E-state index in [0.717, 1.165) is 32.2 Å². The quantitative estimate of drug-likeness (QED) is 0.0975. The number of ketones is 2. The van der Waals surface area contributed by atoms with Crippen LogP contribution in [0.15, 0.2) is 0 Å². The Hall–Kier alpha value is -0.836. The third-order valence-electron chi connectivity index (χ3n) is 6.55. The second kappa shape index (κ2) is 22.8. The Bertz CT molecular complexity index is 760. The molecule has 3 atom stereocenters. The van der Waals surface area contributed by atoms with Crippen molar-refractivity contribution in [2.24, 2.45) is 23.0 Å². The molecule has 2 amide bonds. The molecule has 39 heavy (non-hydrogen) atoms. The molecule has 0 rings (SSSR count). The molecule has 0 spiro atoms. The molecular formula is C28H50N3O6SY-. The van der Waals surface area contributed by atoms with E-state index < -0.39 is 29.8 Å². The van der Waals surface area contributed by atoms with Gasteiger partial charge < -0.3 is 34.1 Å². The Labute approximate surface area is 265 Å². The van der Waals surface area contributed by atoms with Crippen LogP contribution in [0, 0.1) is 17.3 Å². The molecule has 0 aliphatic heterocycles. The van der Waals surface area contributed by atoms with Crippen molar-refractivity contribution in [1.82, 2.24) is 10.6 Å². The number of hydrogen-bond acceptors (Lipinski definition) is 7.